The van der Waals surface area contributed by atoms with Crippen molar-refractivity contribution in [3.63, 3.8) is 0 Å². The minimum atomic E-state index is -0.298. The number of amides is 1. The summed E-state index contributed by atoms with van der Waals surface area (Å²) in [5.41, 5.74) is 5.83. The lowest BCUT2D eigenvalue weighted by Crippen LogP contribution is -2.30. The number of allylic oxidation sites excluding steroid dienone is 1. The number of hydrogen-bond donors (Lipinski definition) is 1. The first-order valence-electron chi connectivity index (χ1n) is 5.89. The van der Waals surface area contributed by atoms with Gasteiger partial charge in [0.05, 0.1) is 0 Å². The zero-order valence-electron chi connectivity index (χ0n) is 9.67. The summed E-state index contributed by atoms with van der Waals surface area (Å²) in [6.07, 6.45) is 8.12. The fourth-order valence-corrected chi connectivity index (χ4v) is 1.92. The van der Waals surface area contributed by atoms with Crippen LogP contribution in [0.5, 0.6) is 0 Å². The Balaban J connectivity index is 2.10. The van der Waals surface area contributed by atoms with Crippen LogP contribution < -0.4 is 5.73 Å². The van der Waals surface area contributed by atoms with Gasteiger partial charge in [0.25, 0.3) is 0 Å². The topological polar surface area (TPSA) is 46.3 Å². The second-order valence-corrected chi connectivity index (χ2v) is 4.30. The van der Waals surface area contributed by atoms with Crippen LogP contribution in [-0.4, -0.2) is 30.4 Å². The molecule has 3 nitrogen and oxygen atoms in total. The smallest absolute Gasteiger partial charge is 0.244 e. The van der Waals surface area contributed by atoms with Gasteiger partial charge in [-0.3, -0.25) is 4.79 Å². The van der Waals surface area contributed by atoms with Crippen molar-refractivity contribution >= 4 is 5.91 Å². The molecule has 0 aromatic rings. The first-order valence-corrected chi connectivity index (χ1v) is 5.89. The molecule has 2 N–H and O–H groups in total. The molecular weight excluding hydrogens is 188 g/mol. The summed E-state index contributed by atoms with van der Waals surface area (Å²) in [5.74, 6) is -0.298. The van der Waals surface area contributed by atoms with Gasteiger partial charge in [-0.2, -0.15) is 0 Å². The van der Waals surface area contributed by atoms with Gasteiger partial charge in [-0.25, -0.2) is 0 Å². The molecule has 1 fully saturated rings. The molecule has 0 radical (unpaired) electrons. The molecule has 1 aliphatic rings. The number of nitrogens with zero attached hydrogens (tertiary/aromatic N) is 1. The van der Waals surface area contributed by atoms with Crippen molar-refractivity contribution in [3.8, 4) is 0 Å². The van der Waals surface area contributed by atoms with Crippen molar-refractivity contribution in [3.05, 3.63) is 11.6 Å². The van der Waals surface area contributed by atoms with E-state index in [0.29, 0.717) is 5.57 Å². The Labute approximate surface area is 92.3 Å². The molecule has 3 heteroatoms. The monoisotopic (exact) mass is 210 g/mol. The SMILES string of the molecule is CC(=CCCCN1CCCCC1)C(N)=O. The third kappa shape index (κ3) is 4.98. The van der Waals surface area contributed by atoms with Crippen LogP contribution in [0.2, 0.25) is 0 Å². The van der Waals surface area contributed by atoms with E-state index in [0.717, 1.165) is 19.4 Å². The Bertz CT molecular complexity index is 230. The molecule has 0 atom stereocenters. The average Bonchev–Trinajstić information content (AvgIpc) is 2.25. The molecule has 1 saturated heterocycles. The zero-order valence-corrected chi connectivity index (χ0v) is 9.67. The molecule has 0 spiro atoms. The number of unbranched alkanes of at least 4 members (excludes halogenated alkanes) is 1. The van der Waals surface area contributed by atoms with Gasteiger partial charge in [0.15, 0.2) is 0 Å². The van der Waals surface area contributed by atoms with E-state index < -0.39 is 0 Å². The van der Waals surface area contributed by atoms with Crippen LogP contribution >= 0.6 is 0 Å². The highest BCUT2D eigenvalue weighted by atomic mass is 16.1. The maximum absolute atomic E-state index is 10.7. The minimum absolute atomic E-state index is 0.298. The van der Waals surface area contributed by atoms with E-state index in [1.807, 2.05) is 6.08 Å². The molecule has 86 valence electrons. The zero-order chi connectivity index (χ0) is 11.1. The number of piperidine rings is 1. The fourth-order valence-electron chi connectivity index (χ4n) is 1.92. The van der Waals surface area contributed by atoms with E-state index in [9.17, 15) is 4.79 Å². The van der Waals surface area contributed by atoms with Crippen molar-refractivity contribution in [2.24, 2.45) is 5.73 Å². The molecule has 0 aliphatic carbocycles. The number of nitrogens with two attached hydrogens (primary N) is 1. The van der Waals surface area contributed by atoms with Gasteiger partial charge in [0.1, 0.15) is 0 Å². The molecule has 15 heavy (non-hydrogen) atoms. The maximum Gasteiger partial charge on any atom is 0.244 e. The standard InChI is InChI=1S/C12H22N2O/c1-11(12(13)15)7-3-6-10-14-8-4-2-5-9-14/h7H,2-6,8-10H2,1H3,(H2,13,15). The number of likely N-dealkylation sites (tertiary alicyclic amines) is 1. The molecule has 1 amide bonds. The van der Waals surface area contributed by atoms with Crippen molar-refractivity contribution in [2.45, 2.75) is 39.0 Å². The van der Waals surface area contributed by atoms with Gasteiger partial charge in [0, 0.05) is 5.57 Å². The number of hydrogen-bond acceptors (Lipinski definition) is 2. The van der Waals surface area contributed by atoms with Crippen LogP contribution in [0.4, 0.5) is 0 Å². The molecule has 0 aromatic carbocycles. The molecule has 0 unspecified atom stereocenters. The van der Waals surface area contributed by atoms with Crippen molar-refractivity contribution < 1.29 is 4.79 Å². The predicted molar refractivity (Wildman–Crippen MR) is 62.5 cm³/mol. The van der Waals surface area contributed by atoms with Crippen molar-refractivity contribution in [1.29, 1.82) is 0 Å². The normalized spacial score (nSPS) is 19.1. The highest BCUT2D eigenvalue weighted by Gasteiger charge is 2.08. The van der Waals surface area contributed by atoms with Gasteiger partial charge in [0.2, 0.25) is 5.91 Å². The first-order chi connectivity index (χ1) is 7.20. The molecule has 1 rings (SSSR count). The van der Waals surface area contributed by atoms with E-state index in [1.54, 1.807) is 6.92 Å². The number of primary amides is 1. The Kier molecular flexibility index (Phi) is 5.40. The lowest BCUT2D eigenvalue weighted by atomic mass is 10.1. The second kappa shape index (κ2) is 6.62. The summed E-state index contributed by atoms with van der Waals surface area (Å²) in [5, 5.41) is 0. The largest absolute Gasteiger partial charge is 0.366 e. The van der Waals surface area contributed by atoms with Gasteiger partial charge in [-0.1, -0.05) is 12.5 Å². The van der Waals surface area contributed by atoms with Gasteiger partial charge in [-0.15, -0.1) is 0 Å². The summed E-state index contributed by atoms with van der Waals surface area (Å²) >= 11 is 0. The Morgan fingerprint density at radius 3 is 2.60 bits per heavy atom. The summed E-state index contributed by atoms with van der Waals surface area (Å²) < 4.78 is 0. The highest BCUT2D eigenvalue weighted by Crippen LogP contribution is 2.09. The molecule has 1 heterocycles. The molecule has 0 saturated carbocycles. The molecule has 1 aliphatic heterocycles. The van der Waals surface area contributed by atoms with Crippen LogP contribution in [0.1, 0.15) is 39.0 Å². The van der Waals surface area contributed by atoms with E-state index in [4.69, 9.17) is 5.73 Å². The number of carbonyl (C=O) groups excluding carboxylic acids is 1. The number of carbonyl (C=O) groups is 1. The lowest BCUT2D eigenvalue weighted by molar-refractivity contribution is -0.114. The summed E-state index contributed by atoms with van der Waals surface area (Å²) in [7, 11) is 0. The Hall–Kier alpha value is -0.830. The van der Waals surface area contributed by atoms with Crippen molar-refractivity contribution in [1.82, 2.24) is 4.90 Å². The first kappa shape index (κ1) is 12.2. The Morgan fingerprint density at radius 2 is 2.00 bits per heavy atom. The third-order valence-corrected chi connectivity index (χ3v) is 2.97. The van der Waals surface area contributed by atoms with Crippen LogP contribution in [0, 0.1) is 0 Å². The van der Waals surface area contributed by atoms with Crippen LogP contribution in [0.3, 0.4) is 0 Å². The Morgan fingerprint density at radius 1 is 1.33 bits per heavy atom. The maximum atomic E-state index is 10.7. The van der Waals surface area contributed by atoms with Crippen LogP contribution in [-0.2, 0) is 4.79 Å². The minimum Gasteiger partial charge on any atom is -0.366 e. The predicted octanol–water partition coefficient (Wildman–Crippen LogP) is 1.68. The second-order valence-electron chi connectivity index (χ2n) is 4.30. The van der Waals surface area contributed by atoms with Gasteiger partial charge >= 0.3 is 0 Å². The van der Waals surface area contributed by atoms with Crippen LogP contribution in [0.25, 0.3) is 0 Å². The molecule has 0 bridgehead atoms. The quantitative estimate of drug-likeness (QED) is 0.554. The lowest BCUT2D eigenvalue weighted by Gasteiger charge is -2.26. The van der Waals surface area contributed by atoms with Gasteiger partial charge < -0.3 is 10.6 Å². The van der Waals surface area contributed by atoms with E-state index in [1.165, 1.54) is 32.4 Å². The summed E-state index contributed by atoms with van der Waals surface area (Å²) in [6, 6.07) is 0. The summed E-state index contributed by atoms with van der Waals surface area (Å²) in [4.78, 5) is 13.2. The highest BCUT2D eigenvalue weighted by molar-refractivity contribution is 5.91. The third-order valence-electron chi connectivity index (χ3n) is 2.97. The average molecular weight is 210 g/mol. The molecule has 0 aromatic heterocycles. The van der Waals surface area contributed by atoms with Gasteiger partial charge in [-0.05, 0) is 52.2 Å². The summed E-state index contributed by atoms with van der Waals surface area (Å²) in [6.45, 7) is 5.43. The van der Waals surface area contributed by atoms with E-state index in [2.05, 4.69) is 4.90 Å². The van der Waals surface area contributed by atoms with Crippen LogP contribution in [0.15, 0.2) is 11.6 Å². The molecular formula is C12H22N2O. The fraction of sp³-hybridized carbons (Fsp3) is 0.750. The van der Waals surface area contributed by atoms with E-state index in [-0.39, 0.29) is 5.91 Å². The number of rotatable bonds is 5. The van der Waals surface area contributed by atoms with Crippen molar-refractivity contribution in [2.75, 3.05) is 19.6 Å². The van der Waals surface area contributed by atoms with E-state index >= 15 is 0 Å².